The summed E-state index contributed by atoms with van der Waals surface area (Å²) in [6, 6.07) is 14.7. The average molecular weight is 561 g/mol. The van der Waals surface area contributed by atoms with Gasteiger partial charge in [-0.1, -0.05) is 132 Å². The van der Waals surface area contributed by atoms with Crippen LogP contribution in [-0.2, 0) is 9.59 Å². The lowest BCUT2D eigenvalue weighted by Crippen LogP contribution is -2.30. The van der Waals surface area contributed by atoms with Gasteiger partial charge in [0.1, 0.15) is 5.76 Å². The van der Waals surface area contributed by atoms with Crippen molar-refractivity contribution in [2.24, 2.45) is 0 Å². The Labute approximate surface area is 248 Å². The molecule has 1 aliphatic rings. The summed E-state index contributed by atoms with van der Waals surface area (Å²) in [5.41, 5.74) is 3.68. The molecule has 0 saturated carbocycles. The van der Waals surface area contributed by atoms with E-state index in [9.17, 15) is 14.7 Å². The van der Waals surface area contributed by atoms with Gasteiger partial charge in [-0.2, -0.15) is 0 Å². The molecule has 2 aromatic rings. The second-order valence-corrected chi connectivity index (χ2v) is 11.9. The summed E-state index contributed by atoms with van der Waals surface area (Å²) in [7, 11) is 3.96. The summed E-state index contributed by atoms with van der Waals surface area (Å²) in [6.07, 6.45) is 17.8. The van der Waals surface area contributed by atoms with Crippen molar-refractivity contribution in [3.8, 4) is 0 Å². The maximum atomic E-state index is 13.3. The van der Waals surface area contributed by atoms with Gasteiger partial charge in [0.2, 0.25) is 0 Å². The molecule has 0 spiro atoms. The molecule has 1 amide bonds. The zero-order valence-electron chi connectivity index (χ0n) is 26.0. The van der Waals surface area contributed by atoms with Crippen LogP contribution in [0.2, 0.25) is 0 Å². The predicted molar refractivity (Wildman–Crippen MR) is 171 cm³/mol. The smallest absolute Gasteiger partial charge is 0.295 e. The first kappa shape index (κ1) is 32.4. The Balaban J connectivity index is 1.57. The monoisotopic (exact) mass is 560 g/mol. The zero-order valence-corrected chi connectivity index (χ0v) is 26.0. The lowest BCUT2D eigenvalue weighted by molar-refractivity contribution is -0.139. The first-order valence-electron chi connectivity index (χ1n) is 16.0. The molecular formula is C36H52N2O3. The lowest BCUT2D eigenvalue weighted by Gasteiger charge is -2.26. The molecule has 5 nitrogen and oxygen atoms in total. The summed E-state index contributed by atoms with van der Waals surface area (Å²) < 4.78 is 0. The molecule has 1 saturated heterocycles. The molecule has 1 fully saturated rings. The maximum Gasteiger partial charge on any atom is 0.295 e. The molecule has 0 radical (unpaired) electrons. The van der Waals surface area contributed by atoms with E-state index in [1.165, 1.54) is 70.6 Å². The number of hydrogen-bond donors (Lipinski definition) is 1. The lowest BCUT2D eigenvalue weighted by atomic mass is 9.94. The number of unbranched alkanes of at least 4 members (excludes halogenated alkanes) is 13. The van der Waals surface area contributed by atoms with Gasteiger partial charge in [-0.05, 0) is 31.0 Å². The van der Waals surface area contributed by atoms with Crippen molar-refractivity contribution in [3.63, 3.8) is 0 Å². The van der Waals surface area contributed by atoms with E-state index < -0.39 is 17.7 Å². The van der Waals surface area contributed by atoms with Crippen molar-refractivity contribution < 1.29 is 14.7 Å². The third-order valence-corrected chi connectivity index (χ3v) is 8.34. The molecule has 41 heavy (non-hydrogen) atoms. The largest absolute Gasteiger partial charge is 0.507 e. The van der Waals surface area contributed by atoms with E-state index in [0.717, 1.165) is 36.1 Å². The number of Topliss-reactive ketones (excluding diaryl/α,β-unsaturated/α-hetero) is 1. The number of carbonyl (C=O) groups is 2. The number of benzene rings is 2. The number of carbonyl (C=O) groups excluding carboxylic acids is 2. The van der Waals surface area contributed by atoms with Crippen LogP contribution in [0.4, 0.5) is 5.69 Å². The van der Waals surface area contributed by atoms with Crippen LogP contribution in [0.15, 0.2) is 54.1 Å². The molecule has 1 aliphatic heterocycles. The summed E-state index contributed by atoms with van der Waals surface area (Å²) in [6.45, 7) is 4.75. The van der Waals surface area contributed by atoms with Crippen molar-refractivity contribution in [3.05, 3.63) is 70.8 Å². The summed E-state index contributed by atoms with van der Waals surface area (Å²) in [5.74, 6) is -1.22. The number of nitrogens with zero attached hydrogens (tertiary/aromatic N) is 2. The molecule has 224 valence electrons. The maximum absolute atomic E-state index is 13.3. The van der Waals surface area contributed by atoms with E-state index in [4.69, 9.17) is 0 Å². The molecular weight excluding hydrogens is 508 g/mol. The fraction of sp³-hybridized carbons (Fsp3) is 0.556. The van der Waals surface area contributed by atoms with Crippen LogP contribution in [0.3, 0.4) is 0 Å². The molecule has 2 aromatic carbocycles. The van der Waals surface area contributed by atoms with Gasteiger partial charge in [0.05, 0.1) is 11.6 Å². The number of rotatable bonds is 18. The van der Waals surface area contributed by atoms with Gasteiger partial charge in [-0.15, -0.1) is 0 Å². The minimum absolute atomic E-state index is 0.103. The van der Waals surface area contributed by atoms with Crippen LogP contribution in [0.5, 0.6) is 0 Å². The van der Waals surface area contributed by atoms with Gasteiger partial charge in [0.15, 0.2) is 0 Å². The molecule has 0 aliphatic carbocycles. The van der Waals surface area contributed by atoms with Crippen LogP contribution in [0.1, 0.15) is 120 Å². The van der Waals surface area contributed by atoms with Crippen LogP contribution in [-0.4, -0.2) is 42.3 Å². The van der Waals surface area contributed by atoms with Crippen molar-refractivity contribution >= 4 is 23.1 Å². The molecule has 0 bridgehead atoms. The minimum Gasteiger partial charge on any atom is -0.507 e. The number of aliphatic hydroxyl groups is 1. The SMILES string of the molecule is CCCCCCCCCCCCCCCCN1C(=O)C(=O)/C(=C(/O)c2ccc(C)cc2)C1c1ccc(N(C)C)cc1. The standard InChI is InChI=1S/C36H52N2O3/c1-5-6-7-8-9-10-11-12-13-14-15-16-17-18-27-38-33(29-23-25-31(26-24-29)37(3)4)32(35(40)36(38)41)34(39)30-21-19-28(2)20-22-30/h19-26,33,39H,5-18,27H2,1-4H3/b34-32+. The van der Waals surface area contributed by atoms with Crippen molar-refractivity contribution in [1.82, 2.24) is 4.90 Å². The highest BCUT2D eigenvalue weighted by atomic mass is 16.3. The van der Waals surface area contributed by atoms with Crippen molar-refractivity contribution in [1.29, 1.82) is 0 Å². The Morgan fingerprint density at radius 2 is 1.22 bits per heavy atom. The molecule has 1 atom stereocenters. The average Bonchev–Trinajstić information content (AvgIpc) is 3.22. The highest BCUT2D eigenvalue weighted by Crippen LogP contribution is 2.40. The topological polar surface area (TPSA) is 60.9 Å². The van der Waals surface area contributed by atoms with Gasteiger partial charge in [-0.3, -0.25) is 9.59 Å². The molecule has 1 unspecified atom stereocenters. The number of ketones is 1. The zero-order chi connectivity index (χ0) is 29.6. The third kappa shape index (κ3) is 9.48. The van der Waals surface area contributed by atoms with Crippen molar-refractivity contribution in [2.45, 2.75) is 110 Å². The molecule has 5 heteroatoms. The van der Waals surface area contributed by atoms with E-state index in [-0.39, 0.29) is 11.3 Å². The second-order valence-electron chi connectivity index (χ2n) is 11.9. The fourth-order valence-corrected chi connectivity index (χ4v) is 5.76. The minimum atomic E-state index is -0.602. The third-order valence-electron chi connectivity index (χ3n) is 8.34. The highest BCUT2D eigenvalue weighted by molar-refractivity contribution is 6.46. The van der Waals surface area contributed by atoms with Gasteiger partial charge in [0, 0.05) is 31.9 Å². The summed E-state index contributed by atoms with van der Waals surface area (Å²) in [5, 5.41) is 11.3. The normalized spacial score (nSPS) is 16.5. The Kier molecular flexibility index (Phi) is 13.5. The summed E-state index contributed by atoms with van der Waals surface area (Å²) >= 11 is 0. The molecule has 1 N–H and O–H groups in total. The number of anilines is 1. The van der Waals surface area contributed by atoms with Gasteiger partial charge in [0.25, 0.3) is 11.7 Å². The molecule has 3 rings (SSSR count). The second kappa shape index (κ2) is 17.0. The fourth-order valence-electron chi connectivity index (χ4n) is 5.76. The van der Waals surface area contributed by atoms with E-state index in [1.54, 1.807) is 17.0 Å². The van der Waals surface area contributed by atoms with Crippen LogP contribution in [0, 0.1) is 6.92 Å². The van der Waals surface area contributed by atoms with Gasteiger partial charge >= 0.3 is 0 Å². The van der Waals surface area contributed by atoms with E-state index in [0.29, 0.717) is 12.1 Å². The van der Waals surface area contributed by atoms with Crippen LogP contribution < -0.4 is 4.90 Å². The Morgan fingerprint density at radius 3 is 1.71 bits per heavy atom. The molecule has 0 aromatic heterocycles. The Morgan fingerprint density at radius 1 is 0.732 bits per heavy atom. The number of likely N-dealkylation sites (tertiary alicyclic amines) is 1. The highest BCUT2D eigenvalue weighted by Gasteiger charge is 2.45. The van der Waals surface area contributed by atoms with Crippen LogP contribution in [0.25, 0.3) is 5.76 Å². The number of hydrogen-bond acceptors (Lipinski definition) is 4. The van der Waals surface area contributed by atoms with E-state index in [2.05, 4.69) is 6.92 Å². The molecule has 1 heterocycles. The first-order chi connectivity index (χ1) is 19.8. The summed E-state index contributed by atoms with van der Waals surface area (Å²) in [4.78, 5) is 30.2. The first-order valence-corrected chi connectivity index (χ1v) is 16.0. The van der Waals surface area contributed by atoms with Crippen molar-refractivity contribution in [2.75, 3.05) is 25.5 Å². The quantitative estimate of drug-likeness (QED) is 0.0855. The number of aryl methyl sites for hydroxylation is 1. The van der Waals surface area contributed by atoms with Gasteiger partial charge in [-0.25, -0.2) is 0 Å². The van der Waals surface area contributed by atoms with Crippen LogP contribution >= 0.6 is 0 Å². The van der Waals surface area contributed by atoms with E-state index >= 15 is 0 Å². The Hall–Kier alpha value is -3.08. The van der Waals surface area contributed by atoms with E-state index in [1.807, 2.05) is 62.3 Å². The predicted octanol–water partition coefficient (Wildman–Crippen LogP) is 8.96. The van der Waals surface area contributed by atoms with Gasteiger partial charge < -0.3 is 14.9 Å². The Bertz CT molecular complexity index is 1120. The number of amides is 1. The number of aliphatic hydroxyl groups excluding tert-OH is 1.